The Morgan fingerprint density at radius 2 is 0.904 bits per heavy atom. The number of carbonyl (C=O) groups is 2. The van der Waals surface area contributed by atoms with E-state index in [2.05, 4.69) is 10.6 Å². The molecule has 0 amide bonds. The summed E-state index contributed by atoms with van der Waals surface area (Å²) < 4.78 is 74.4. The maximum atomic E-state index is 14.4. The molecular weight excluding hydrogens is 731 g/mol. The monoisotopic (exact) mass is 766 g/mol. The fourth-order valence-electron chi connectivity index (χ4n) is 6.97. The largest absolute Gasteiger partial charge is 1.00 e. The normalized spacial score (nSPS) is 12.4. The summed E-state index contributed by atoms with van der Waals surface area (Å²) in [6, 6.07) is 8.20. The van der Waals surface area contributed by atoms with Gasteiger partial charge in [0.1, 0.15) is 31.7 Å². The van der Waals surface area contributed by atoms with Crippen molar-refractivity contribution in [2.75, 3.05) is 10.6 Å². The van der Waals surface area contributed by atoms with Crippen LogP contribution in [0.25, 0.3) is 0 Å². The third kappa shape index (κ3) is 7.61. The summed E-state index contributed by atoms with van der Waals surface area (Å²) in [5, 5.41) is 27.8. The topological polar surface area (TPSA) is 213 Å². The number of phenolic OH excluding ortho intramolecular Hbond substituents is 2. The van der Waals surface area contributed by atoms with E-state index in [1.807, 2.05) is 13.8 Å². The van der Waals surface area contributed by atoms with Crippen LogP contribution in [0.1, 0.15) is 92.9 Å². The van der Waals surface area contributed by atoms with Gasteiger partial charge in [-0.15, -0.1) is 0 Å². The van der Waals surface area contributed by atoms with E-state index in [1.54, 1.807) is 26.0 Å². The Morgan fingerprint density at radius 1 is 0.577 bits per heavy atom. The van der Waals surface area contributed by atoms with E-state index in [0.29, 0.717) is 24.0 Å². The Hall–Kier alpha value is -2.76. The van der Waals surface area contributed by atoms with Gasteiger partial charge in [0.25, 0.3) is 0 Å². The number of benzene rings is 4. The van der Waals surface area contributed by atoms with Gasteiger partial charge in [0.05, 0.1) is 43.4 Å². The average Bonchev–Trinajstić information content (AvgIpc) is 3.04. The molecule has 1 aliphatic rings. The quantitative estimate of drug-likeness (QED) is 0.0844. The van der Waals surface area contributed by atoms with Crippen LogP contribution in [0.3, 0.4) is 0 Å². The van der Waals surface area contributed by atoms with Crippen LogP contribution in [0, 0.1) is 13.8 Å². The van der Waals surface area contributed by atoms with Crippen molar-refractivity contribution in [3.63, 3.8) is 0 Å². The van der Waals surface area contributed by atoms with Gasteiger partial charge in [0.2, 0.25) is 11.6 Å². The van der Waals surface area contributed by atoms with Gasteiger partial charge in [0, 0.05) is 11.4 Å². The molecule has 4 N–H and O–H groups in total. The number of ketones is 2. The van der Waals surface area contributed by atoms with E-state index in [4.69, 9.17) is 0 Å². The molecule has 4 aromatic rings. The van der Waals surface area contributed by atoms with Crippen LogP contribution in [0.5, 0.6) is 11.5 Å². The third-order valence-corrected chi connectivity index (χ3v) is 11.2. The summed E-state index contributed by atoms with van der Waals surface area (Å²) >= 11 is 0. The molecule has 16 heteroatoms. The Bertz CT molecular complexity index is 2200. The molecule has 1 aliphatic carbocycles. The van der Waals surface area contributed by atoms with Crippen LogP contribution >= 0.6 is 0 Å². The van der Waals surface area contributed by atoms with Gasteiger partial charge in [-0.2, -0.15) is 0 Å². The molecule has 0 bridgehead atoms. The molecule has 0 aliphatic heterocycles. The molecule has 0 radical (unpaired) electrons. The SMILES string of the molecule is CCc1cc(C)c(S(=O)(=O)[O-])c(CC)c1Nc1ccc(Nc2c(CC)cc(C)c(S(=O)(=O)[O-])c2CC)c2c1C(=O)c1c(O)ccc(O)c1C2=O.[Na+].[Na+]. The molecule has 12 nitrogen and oxygen atoms in total. The minimum absolute atomic E-state index is 0. The molecule has 0 saturated heterocycles. The van der Waals surface area contributed by atoms with Crippen molar-refractivity contribution in [1.82, 2.24) is 0 Å². The van der Waals surface area contributed by atoms with Gasteiger partial charge in [-0.1, -0.05) is 39.8 Å². The van der Waals surface area contributed by atoms with Gasteiger partial charge in [-0.05, 0) is 97.2 Å². The molecule has 52 heavy (non-hydrogen) atoms. The first kappa shape index (κ1) is 43.6. The summed E-state index contributed by atoms with van der Waals surface area (Å²) in [4.78, 5) is 27.9. The third-order valence-electron chi connectivity index (χ3n) is 9.05. The zero-order chi connectivity index (χ0) is 37.0. The Labute approximate surface area is 347 Å². The Kier molecular flexibility index (Phi) is 13.7. The number of fused-ring (bicyclic) bond motifs is 2. The first-order chi connectivity index (χ1) is 23.4. The van der Waals surface area contributed by atoms with Gasteiger partial charge in [-0.3, -0.25) is 9.59 Å². The minimum Gasteiger partial charge on any atom is -0.744 e. The minimum atomic E-state index is -4.92. The molecule has 0 spiro atoms. The zero-order valence-corrected chi connectivity index (χ0v) is 35.9. The fraction of sp³-hybridized carbons (Fsp3) is 0.278. The number of hydrogen-bond donors (Lipinski definition) is 4. The molecule has 0 fully saturated rings. The van der Waals surface area contributed by atoms with Gasteiger partial charge in [0.15, 0.2) is 0 Å². The second-order valence-corrected chi connectivity index (χ2v) is 14.7. The standard InChI is InChI=1S/C36H38N2O10S2.2Na/c1-7-19-15-17(5)35(49(43,44)45)21(9-3)31(19)37-23-11-12-24(28-27(23)33(41)29-25(39)13-14-26(40)30(29)34(28)42)38-32-20(8-2)16-18(6)36(22(32)10-4)50(46,47)48;;/h11-16,37-40H,7-10H2,1-6H3,(H,43,44,45)(H,46,47,48);;/q;2*+1/p-2. The predicted octanol–water partition coefficient (Wildman–Crippen LogP) is 0.0430. The summed E-state index contributed by atoms with van der Waals surface area (Å²) in [6.07, 6.45) is 1.05. The molecule has 0 heterocycles. The summed E-state index contributed by atoms with van der Waals surface area (Å²) in [7, 11) is -9.84. The second kappa shape index (κ2) is 16.3. The molecular formula is C36H36N2Na2O10S2. The molecule has 0 saturated carbocycles. The number of carbonyl (C=O) groups excluding carboxylic acids is 2. The van der Waals surface area contributed by atoms with Crippen molar-refractivity contribution in [1.29, 1.82) is 0 Å². The smallest absolute Gasteiger partial charge is 0.744 e. The van der Waals surface area contributed by atoms with Gasteiger partial charge < -0.3 is 30.0 Å². The van der Waals surface area contributed by atoms with E-state index in [1.165, 1.54) is 26.0 Å². The van der Waals surface area contributed by atoms with E-state index in [9.17, 15) is 45.7 Å². The molecule has 0 aromatic heterocycles. The van der Waals surface area contributed by atoms with E-state index in [0.717, 1.165) is 12.1 Å². The first-order valence-corrected chi connectivity index (χ1v) is 18.8. The van der Waals surface area contributed by atoms with Crippen molar-refractivity contribution in [2.24, 2.45) is 0 Å². The number of aromatic hydroxyl groups is 2. The number of hydrogen-bond acceptors (Lipinski definition) is 12. The van der Waals surface area contributed by atoms with Crippen molar-refractivity contribution in [3.8, 4) is 11.5 Å². The van der Waals surface area contributed by atoms with E-state index >= 15 is 0 Å². The molecule has 0 atom stereocenters. The number of anilines is 4. The molecule has 5 rings (SSSR count). The fourth-order valence-corrected chi connectivity index (χ4v) is 8.97. The van der Waals surface area contributed by atoms with Crippen LogP contribution in [-0.4, -0.2) is 47.7 Å². The maximum absolute atomic E-state index is 14.4. The van der Waals surface area contributed by atoms with E-state index < -0.39 is 64.2 Å². The van der Waals surface area contributed by atoms with Crippen LogP contribution < -0.4 is 69.7 Å². The van der Waals surface area contributed by atoms with Crippen molar-refractivity contribution < 1.29 is 105 Å². The number of rotatable bonds is 10. The summed E-state index contributed by atoms with van der Waals surface area (Å²) in [5.41, 5.74) is 1.40. The first-order valence-electron chi connectivity index (χ1n) is 16.0. The van der Waals surface area contributed by atoms with Gasteiger partial charge in [-0.25, -0.2) is 16.8 Å². The zero-order valence-electron chi connectivity index (χ0n) is 30.3. The van der Waals surface area contributed by atoms with Crippen molar-refractivity contribution in [3.05, 3.63) is 92.0 Å². The number of phenols is 2. The number of aryl methyl sites for hydroxylation is 4. The van der Waals surface area contributed by atoms with Crippen LogP contribution in [0.15, 0.2) is 46.2 Å². The Balaban J connectivity index is 0.00000364. The van der Waals surface area contributed by atoms with Gasteiger partial charge >= 0.3 is 59.1 Å². The average molecular weight is 767 g/mol. The van der Waals surface area contributed by atoms with Crippen molar-refractivity contribution >= 4 is 54.6 Å². The predicted molar refractivity (Wildman–Crippen MR) is 185 cm³/mol. The maximum Gasteiger partial charge on any atom is 1.00 e. The summed E-state index contributed by atoms with van der Waals surface area (Å²) in [5.74, 6) is -2.80. The molecule has 4 aromatic carbocycles. The van der Waals surface area contributed by atoms with Crippen LogP contribution in [0.2, 0.25) is 0 Å². The van der Waals surface area contributed by atoms with Crippen LogP contribution in [0.4, 0.5) is 22.7 Å². The second-order valence-electron chi connectivity index (χ2n) is 12.1. The Morgan fingerprint density at radius 3 is 1.17 bits per heavy atom. The molecule has 0 unspecified atom stereocenters. The number of nitrogens with one attached hydrogen (secondary N) is 2. The van der Waals surface area contributed by atoms with Crippen LogP contribution in [-0.2, 0) is 45.9 Å². The van der Waals surface area contributed by atoms with E-state index in [-0.39, 0.29) is 128 Å². The summed E-state index contributed by atoms with van der Waals surface area (Å²) in [6.45, 7) is 10.1. The van der Waals surface area contributed by atoms with Crippen molar-refractivity contribution in [2.45, 2.75) is 77.0 Å². The molecule has 264 valence electrons.